The lowest BCUT2D eigenvalue weighted by atomic mass is 9.92. The molecule has 3 rings (SSSR count). The lowest BCUT2D eigenvalue weighted by Gasteiger charge is -2.27. The molecule has 0 bridgehead atoms. The van der Waals surface area contributed by atoms with Gasteiger partial charge in [-0.2, -0.15) is 28.1 Å². The molecule has 1 fully saturated rings. The first-order chi connectivity index (χ1) is 12.5. The molecule has 0 aliphatic heterocycles. The van der Waals surface area contributed by atoms with Gasteiger partial charge in [0.1, 0.15) is 11.9 Å². The Hall–Kier alpha value is -2.11. The van der Waals surface area contributed by atoms with Crippen LogP contribution in [0.25, 0.3) is 5.57 Å². The average molecular weight is 397 g/mol. The van der Waals surface area contributed by atoms with E-state index in [1.807, 2.05) is 0 Å². The number of aliphatic hydroxyl groups excluding tert-OH is 1. The molecule has 0 unspecified atom stereocenters. The van der Waals surface area contributed by atoms with E-state index in [0.29, 0.717) is 0 Å². The van der Waals surface area contributed by atoms with Crippen LogP contribution in [0, 0.1) is 0 Å². The van der Waals surface area contributed by atoms with E-state index in [9.17, 15) is 31.4 Å². The third-order valence-electron chi connectivity index (χ3n) is 4.29. The fourth-order valence-corrected chi connectivity index (χ4v) is 2.44. The number of halogens is 6. The maximum Gasteiger partial charge on any atom is 0.408 e. The minimum atomic E-state index is -4.58. The van der Waals surface area contributed by atoms with Gasteiger partial charge in [0, 0.05) is 18.0 Å². The summed E-state index contributed by atoms with van der Waals surface area (Å²) in [4.78, 5) is 11.5. The van der Waals surface area contributed by atoms with Gasteiger partial charge in [-0.3, -0.25) is 0 Å². The van der Waals surface area contributed by atoms with Crippen molar-refractivity contribution in [2.24, 2.45) is 0 Å². The van der Waals surface area contributed by atoms with Gasteiger partial charge in [-0.05, 0) is 26.2 Å². The van der Waals surface area contributed by atoms with Crippen LogP contribution in [-0.4, -0.2) is 50.3 Å². The van der Waals surface area contributed by atoms with Gasteiger partial charge in [0.25, 0.3) is 5.92 Å². The van der Waals surface area contributed by atoms with Gasteiger partial charge in [0.15, 0.2) is 11.9 Å². The highest BCUT2D eigenvalue weighted by Crippen LogP contribution is 2.41. The van der Waals surface area contributed by atoms with Crippen molar-refractivity contribution in [3.8, 4) is 0 Å². The number of rotatable bonds is 5. The number of allylic oxidation sites excluding steroid dienone is 1. The summed E-state index contributed by atoms with van der Waals surface area (Å²) in [5, 5.41) is 14.4. The van der Waals surface area contributed by atoms with Crippen LogP contribution in [0.15, 0.2) is 5.83 Å². The van der Waals surface area contributed by atoms with E-state index in [1.165, 1.54) is 0 Å². The summed E-state index contributed by atoms with van der Waals surface area (Å²) >= 11 is 0. The van der Waals surface area contributed by atoms with Gasteiger partial charge in [0.2, 0.25) is 11.9 Å². The summed E-state index contributed by atoms with van der Waals surface area (Å²) in [5.74, 6) is -6.09. The van der Waals surface area contributed by atoms with Crippen LogP contribution in [0.3, 0.4) is 0 Å². The Morgan fingerprint density at radius 3 is 2.37 bits per heavy atom. The Kier molecular flexibility index (Phi) is 4.95. The number of hydrogen-bond acceptors (Lipinski definition) is 6. The minimum absolute atomic E-state index is 0.0354. The molecule has 0 radical (unpaired) electrons. The molecule has 12 heteroatoms. The molecule has 0 amide bonds. The summed E-state index contributed by atoms with van der Waals surface area (Å²) in [5.41, 5.74) is -0.377. The molecule has 0 saturated heterocycles. The van der Waals surface area contributed by atoms with Crippen molar-refractivity contribution in [1.82, 2.24) is 15.0 Å². The van der Waals surface area contributed by atoms with Gasteiger partial charge in [-0.25, -0.2) is 13.2 Å². The molecular weight excluding hydrogens is 380 g/mol. The average Bonchev–Trinajstić information content (AvgIpc) is 3.35. The van der Waals surface area contributed by atoms with Crippen LogP contribution in [-0.2, 0) is 0 Å². The zero-order valence-electron chi connectivity index (χ0n) is 14.1. The highest BCUT2D eigenvalue weighted by molar-refractivity contribution is 5.66. The normalized spacial score (nSPS) is 23.9. The van der Waals surface area contributed by atoms with Crippen LogP contribution < -0.4 is 10.6 Å². The van der Waals surface area contributed by atoms with Crippen LogP contribution >= 0.6 is 0 Å². The van der Waals surface area contributed by atoms with E-state index in [1.54, 1.807) is 0 Å². The number of aromatic nitrogens is 3. The molecule has 2 aliphatic carbocycles. The van der Waals surface area contributed by atoms with Crippen molar-refractivity contribution in [1.29, 1.82) is 0 Å². The Labute approximate surface area is 150 Å². The van der Waals surface area contributed by atoms with Crippen molar-refractivity contribution in [3.05, 3.63) is 11.7 Å². The molecule has 2 aliphatic rings. The Morgan fingerprint density at radius 1 is 1.15 bits per heavy atom. The first-order valence-corrected chi connectivity index (χ1v) is 8.28. The highest BCUT2D eigenvalue weighted by Gasteiger charge is 2.46. The number of alkyl halides is 5. The molecule has 1 aromatic heterocycles. The van der Waals surface area contributed by atoms with E-state index < -0.39 is 54.7 Å². The second-order valence-electron chi connectivity index (χ2n) is 6.62. The topological polar surface area (TPSA) is 83.0 Å². The number of anilines is 2. The third-order valence-corrected chi connectivity index (χ3v) is 4.29. The largest absolute Gasteiger partial charge is 0.408 e. The van der Waals surface area contributed by atoms with Crippen molar-refractivity contribution in [3.63, 3.8) is 0 Å². The van der Waals surface area contributed by atoms with Gasteiger partial charge in [-0.1, -0.05) is 0 Å². The predicted octanol–water partition coefficient (Wildman–Crippen LogP) is 3.28. The molecule has 1 heterocycles. The molecule has 0 aromatic carbocycles. The van der Waals surface area contributed by atoms with E-state index in [4.69, 9.17) is 0 Å². The fraction of sp³-hybridized carbons (Fsp3) is 0.667. The summed E-state index contributed by atoms with van der Waals surface area (Å²) < 4.78 is 79.5. The monoisotopic (exact) mass is 397 g/mol. The zero-order valence-corrected chi connectivity index (χ0v) is 14.1. The molecule has 6 nitrogen and oxygen atoms in total. The lowest BCUT2D eigenvalue weighted by molar-refractivity contribution is -0.138. The van der Waals surface area contributed by atoms with E-state index >= 15 is 0 Å². The SMILES string of the molecule is C[C@H](Nc1nc(NC2CC2)nc(C2=C(F)[C@@H](O)C(F)(F)CC2)n1)C(F)(F)F. The maximum atomic E-state index is 14.2. The van der Waals surface area contributed by atoms with Gasteiger partial charge in [-0.15, -0.1) is 0 Å². The van der Waals surface area contributed by atoms with Crippen molar-refractivity contribution < 1.29 is 31.4 Å². The van der Waals surface area contributed by atoms with Crippen molar-refractivity contribution in [2.75, 3.05) is 10.6 Å². The Balaban J connectivity index is 1.96. The van der Waals surface area contributed by atoms with E-state index in [-0.39, 0.29) is 17.6 Å². The summed E-state index contributed by atoms with van der Waals surface area (Å²) in [6.07, 6.45) is -6.92. The molecule has 27 heavy (non-hydrogen) atoms. The maximum absolute atomic E-state index is 14.2. The van der Waals surface area contributed by atoms with Crippen LogP contribution in [0.5, 0.6) is 0 Å². The minimum Gasteiger partial charge on any atom is -0.380 e. The van der Waals surface area contributed by atoms with Gasteiger partial charge in [0.05, 0.1) is 0 Å². The molecule has 150 valence electrons. The molecule has 2 atom stereocenters. The molecule has 1 aromatic rings. The van der Waals surface area contributed by atoms with Crippen molar-refractivity contribution in [2.45, 2.75) is 62.9 Å². The van der Waals surface area contributed by atoms with E-state index in [2.05, 4.69) is 25.6 Å². The third kappa shape index (κ3) is 4.42. The van der Waals surface area contributed by atoms with Crippen LogP contribution in [0.1, 0.15) is 38.4 Å². The van der Waals surface area contributed by atoms with Crippen LogP contribution in [0.2, 0.25) is 0 Å². The summed E-state index contributed by atoms with van der Waals surface area (Å²) in [7, 11) is 0. The number of hydrogen-bond donors (Lipinski definition) is 3. The highest BCUT2D eigenvalue weighted by atomic mass is 19.4. The number of nitrogens with zero attached hydrogens (tertiary/aromatic N) is 3. The first-order valence-electron chi connectivity index (χ1n) is 8.28. The van der Waals surface area contributed by atoms with Gasteiger partial charge >= 0.3 is 6.18 Å². The second-order valence-corrected chi connectivity index (χ2v) is 6.62. The number of aliphatic hydroxyl groups is 1. The Bertz CT molecular complexity index is 749. The quantitative estimate of drug-likeness (QED) is 0.662. The van der Waals surface area contributed by atoms with Crippen LogP contribution in [0.4, 0.5) is 38.2 Å². The molecule has 0 spiro atoms. The molecule has 3 N–H and O–H groups in total. The van der Waals surface area contributed by atoms with E-state index in [0.717, 1.165) is 19.8 Å². The van der Waals surface area contributed by atoms with Gasteiger partial charge < -0.3 is 15.7 Å². The smallest absolute Gasteiger partial charge is 0.380 e. The summed E-state index contributed by atoms with van der Waals surface area (Å²) in [6.45, 7) is 0.849. The fourth-order valence-electron chi connectivity index (χ4n) is 2.44. The second kappa shape index (κ2) is 6.80. The first kappa shape index (κ1) is 19.6. The predicted molar refractivity (Wildman–Crippen MR) is 83.8 cm³/mol. The summed E-state index contributed by atoms with van der Waals surface area (Å²) in [6, 6.07) is -1.96. The van der Waals surface area contributed by atoms with Crippen molar-refractivity contribution >= 4 is 17.5 Å². The standard InChI is InChI=1S/C15H17F6N5O/c1-6(15(19,20)21)22-12-24-11(25-13(26-12)23-7-2-3-7)8-4-5-14(17,18)10(27)9(8)16/h6-7,10,27H,2-5H2,1H3,(H2,22,23,24,25,26)/t6-,10+/m0/s1. The molecule has 1 saturated carbocycles. The molecular formula is C15H17F6N5O. The zero-order chi connectivity index (χ0) is 20.0. The lowest BCUT2D eigenvalue weighted by Crippen LogP contribution is -2.37. The Morgan fingerprint density at radius 2 is 1.78 bits per heavy atom. The number of nitrogens with one attached hydrogen (secondary N) is 2.